The molecule has 0 radical (unpaired) electrons. The molecule has 12 nitrogen and oxygen atoms in total. The summed E-state index contributed by atoms with van der Waals surface area (Å²) < 4.78 is 25.4. The van der Waals surface area contributed by atoms with Crippen molar-refractivity contribution in [3.05, 3.63) is 143 Å². The molecule has 4 bridgehead atoms. The van der Waals surface area contributed by atoms with E-state index in [0.29, 0.717) is 50.8 Å². The number of hydrogen-bond donors (Lipinski definition) is 0. The summed E-state index contributed by atoms with van der Waals surface area (Å²) in [5.74, 6) is -1.24. The van der Waals surface area contributed by atoms with Gasteiger partial charge in [0, 0.05) is 42.7 Å². The van der Waals surface area contributed by atoms with Gasteiger partial charge in [-0.1, -0.05) is 107 Å². The largest absolute Gasteiger partial charge is 0.478 e. The van der Waals surface area contributed by atoms with Crippen molar-refractivity contribution >= 4 is 35.0 Å². The minimum absolute atomic E-state index is 0.188. The molecule has 12 heteroatoms. The number of benzene rings is 4. The van der Waals surface area contributed by atoms with Crippen LogP contribution in [0.1, 0.15) is 80.3 Å². The molecule has 4 aromatic carbocycles. The van der Waals surface area contributed by atoms with Crippen LogP contribution >= 0.6 is 0 Å². The lowest BCUT2D eigenvalue weighted by Gasteiger charge is -2.37. The summed E-state index contributed by atoms with van der Waals surface area (Å²) in [4.78, 5) is 63.0. The lowest BCUT2D eigenvalue weighted by molar-refractivity contribution is -0.129. The molecule has 0 saturated carbocycles. The summed E-state index contributed by atoms with van der Waals surface area (Å²) in [6, 6.07) is 28.2. The number of fused-ring (bicyclic) bond motifs is 12. The van der Waals surface area contributed by atoms with E-state index in [1.807, 2.05) is 72.8 Å². The second kappa shape index (κ2) is 15.6. The molecule has 67 heavy (non-hydrogen) atoms. The van der Waals surface area contributed by atoms with Crippen molar-refractivity contribution in [3.8, 4) is 11.5 Å². The summed E-state index contributed by atoms with van der Waals surface area (Å²) in [5, 5.41) is 0. The number of hydrogen-bond acceptors (Lipinski definition) is 10. The first-order valence-corrected chi connectivity index (χ1v) is 24.1. The van der Waals surface area contributed by atoms with Crippen LogP contribution in [0, 0.1) is 23.7 Å². The number of carbonyl (C=O) groups excluding carboxylic acids is 4. The maximum atomic E-state index is 14.4. The van der Waals surface area contributed by atoms with Crippen LogP contribution in [-0.2, 0) is 53.6 Å². The minimum Gasteiger partial charge on any atom is -0.478 e. The Kier molecular flexibility index (Phi) is 9.86. The monoisotopic (exact) mass is 900 g/mol. The minimum atomic E-state index is -0.946. The maximum Gasteiger partial charge on any atom is 0.241 e. The highest BCUT2D eigenvalue weighted by molar-refractivity contribution is 6.24. The Morgan fingerprint density at radius 2 is 1.09 bits per heavy atom. The fourth-order valence-corrected chi connectivity index (χ4v) is 12.5. The van der Waals surface area contributed by atoms with Gasteiger partial charge in [-0.3, -0.25) is 29.0 Å². The quantitative estimate of drug-likeness (QED) is 0.105. The molecule has 4 saturated heterocycles. The molecule has 8 aliphatic heterocycles. The number of rotatable bonds is 12. The maximum absolute atomic E-state index is 14.4. The molecular weight excluding hydrogens is 845 g/mol. The second-order valence-corrected chi connectivity index (χ2v) is 20.4. The first kappa shape index (κ1) is 42.4. The third-order valence-corrected chi connectivity index (χ3v) is 15.9. The Labute approximate surface area is 391 Å². The molecule has 4 fully saturated rings. The number of amides is 4. The number of nitrogens with zero attached hydrogens (tertiary/aromatic N) is 4. The van der Waals surface area contributed by atoms with E-state index in [1.54, 1.807) is 0 Å². The molecule has 0 spiro atoms. The van der Waals surface area contributed by atoms with E-state index in [4.69, 9.17) is 18.9 Å². The zero-order chi connectivity index (χ0) is 46.0. The number of anilines is 2. The van der Waals surface area contributed by atoms with Crippen LogP contribution < -0.4 is 19.3 Å². The molecule has 0 aromatic heterocycles. The van der Waals surface area contributed by atoms with E-state index < -0.39 is 41.0 Å². The van der Waals surface area contributed by atoms with Crippen LogP contribution in [0.4, 0.5) is 11.4 Å². The van der Waals surface area contributed by atoms with Gasteiger partial charge in [0.2, 0.25) is 23.6 Å². The first-order valence-electron chi connectivity index (χ1n) is 24.1. The van der Waals surface area contributed by atoms with Crippen molar-refractivity contribution < 1.29 is 38.1 Å². The van der Waals surface area contributed by atoms with E-state index >= 15 is 0 Å². The highest BCUT2D eigenvalue weighted by Gasteiger charge is 2.69. The van der Waals surface area contributed by atoms with Gasteiger partial charge in [-0.05, 0) is 77.9 Å². The average Bonchev–Trinajstić information content (AvgIpc) is 4.18. The van der Waals surface area contributed by atoms with E-state index in [2.05, 4.69) is 73.9 Å². The number of ether oxygens (including phenoxy) is 4. The van der Waals surface area contributed by atoms with E-state index in [9.17, 15) is 19.2 Å². The Morgan fingerprint density at radius 1 is 0.597 bits per heavy atom. The SMILES string of the molecule is CCCN1COc2cc(C(C)(C)c3ccc4c(c3)OCN(CC35C=CC(O3)C3C(=O)N(c6ccc(Cc7ccc(N8C(=O)C9C%10C=CC(CCC)(O%10)C9C8=O)cc7)cc6)C(=O)C35)C4)ccc2C1. The molecule has 8 unspecified atom stereocenters. The zero-order valence-corrected chi connectivity index (χ0v) is 38.5. The molecular formula is C55H56N4O8. The number of imide groups is 2. The summed E-state index contributed by atoms with van der Waals surface area (Å²) in [6.45, 7) is 12.6. The van der Waals surface area contributed by atoms with Gasteiger partial charge >= 0.3 is 0 Å². The molecule has 8 heterocycles. The van der Waals surface area contributed by atoms with Crippen molar-refractivity contribution in [2.24, 2.45) is 23.7 Å². The average molecular weight is 901 g/mol. The topological polar surface area (TPSA) is 118 Å². The van der Waals surface area contributed by atoms with Crippen LogP contribution in [0.15, 0.2) is 109 Å². The predicted molar refractivity (Wildman–Crippen MR) is 250 cm³/mol. The number of carbonyl (C=O) groups is 4. The van der Waals surface area contributed by atoms with Crippen LogP contribution in [0.2, 0.25) is 0 Å². The molecule has 0 aliphatic carbocycles. The Bertz CT molecular complexity index is 2780. The Hall–Kier alpha value is -5.92. The standard InChI is InChI=1S/C55H56N4O8/c1-5-21-54-22-19-41(66-54)45-47(54)51(62)58(49(45)60)39-15-7-33(8-16-39)25-34-9-17-40(18-10-34)59-50(61)46-42-20-23-55(67-42,48(46)52(59)63)30-57-29-36-12-14-38(27-44(36)65-32-57)53(3,4)37-13-11-35-28-56(24-6-2)31-64-43(35)26-37/h7-20,22-23,26-27,41-42,45-48H,5-6,21,24-25,28-32H2,1-4H3. The fourth-order valence-electron chi connectivity index (χ4n) is 12.5. The van der Waals surface area contributed by atoms with Crippen LogP contribution in [0.3, 0.4) is 0 Å². The molecule has 12 rings (SSSR count). The molecule has 4 aromatic rings. The molecule has 4 amide bonds. The molecule has 344 valence electrons. The summed E-state index contributed by atoms with van der Waals surface area (Å²) in [6.07, 6.45) is 10.3. The summed E-state index contributed by atoms with van der Waals surface area (Å²) in [7, 11) is 0. The fraction of sp³-hybridized carbons (Fsp3) is 0.418. The van der Waals surface area contributed by atoms with E-state index in [-0.39, 0.29) is 35.1 Å². The van der Waals surface area contributed by atoms with Crippen molar-refractivity contribution in [1.82, 2.24) is 9.80 Å². The van der Waals surface area contributed by atoms with Gasteiger partial charge in [-0.25, -0.2) is 9.80 Å². The third-order valence-electron chi connectivity index (χ3n) is 15.9. The summed E-state index contributed by atoms with van der Waals surface area (Å²) >= 11 is 0. The molecule has 8 aliphatic rings. The smallest absolute Gasteiger partial charge is 0.241 e. The Balaban J connectivity index is 0.696. The molecule has 0 N–H and O–H groups in total. The van der Waals surface area contributed by atoms with Gasteiger partial charge in [0.15, 0.2) is 0 Å². The van der Waals surface area contributed by atoms with Crippen LogP contribution in [0.5, 0.6) is 11.5 Å². The van der Waals surface area contributed by atoms with Gasteiger partial charge < -0.3 is 18.9 Å². The lowest BCUT2D eigenvalue weighted by Crippen LogP contribution is -2.50. The predicted octanol–water partition coefficient (Wildman–Crippen LogP) is 7.44. The van der Waals surface area contributed by atoms with Crippen molar-refractivity contribution in [2.75, 3.05) is 36.4 Å². The van der Waals surface area contributed by atoms with Gasteiger partial charge in [-0.2, -0.15) is 0 Å². The first-order chi connectivity index (χ1) is 32.4. The Morgan fingerprint density at radius 3 is 1.63 bits per heavy atom. The highest BCUT2D eigenvalue weighted by atomic mass is 16.5. The second-order valence-electron chi connectivity index (χ2n) is 20.4. The van der Waals surface area contributed by atoms with Gasteiger partial charge in [-0.15, -0.1) is 0 Å². The van der Waals surface area contributed by atoms with Crippen LogP contribution in [0.25, 0.3) is 0 Å². The normalized spacial score (nSPS) is 30.3. The highest BCUT2D eigenvalue weighted by Crippen LogP contribution is 2.55. The molecule has 8 atom stereocenters. The van der Waals surface area contributed by atoms with Crippen molar-refractivity contribution in [1.29, 1.82) is 0 Å². The van der Waals surface area contributed by atoms with E-state index in [1.165, 1.54) is 20.9 Å². The van der Waals surface area contributed by atoms with Crippen molar-refractivity contribution in [2.45, 2.75) is 95.3 Å². The zero-order valence-electron chi connectivity index (χ0n) is 38.5. The lowest BCUT2D eigenvalue weighted by atomic mass is 9.75. The van der Waals surface area contributed by atoms with Crippen molar-refractivity contribution in [3.63, 3.8) is 0 Å². The van der Waals surface area contributed by atoms with Gasteiger partial charge in [0.05, 0.1) is 52.9 Å². The third kappa shape index (κ3) is 6.54. The van der Waals surface area contributed by atoms with Crippen LogP contribution in [-0.4, -0.2) is 83.4 Å². The summed E-state index contributed by atoms with van der Waals surface area (Å²) in [5.41, 5.74) is 5.80. The van der Waals surface area contributed by atoms with Gasteiger partial charge in [0.25, 0.3) is 0 Å². The van der Waals surface area contributed by atoms with E-state index in [0.717, 1.165) is 59.7 Å². The van der Waals surface area contributed by atoms with Gasteiger partial charge in [0.1, 0.15) is 30.6 Å².